The molecule has 37 heavy (non-hydrogen) atoms. The molecule has 3 aliphatic rings. The summed E-state index contributed by atoms with van der Waals surface area (Å²) < 4.78 is 22.9. The summed E-state index contributed by atoms with van der Waals surface area (Å²) in [6.07, 6.45) is 0.921. The number of aromatic nitrogens is 1. The lowest BCUT2D eigenvalue weighted by Gasteiger charge is -2.51. The summed E-state index contributed by atoms with van der Waals surface area (Å²) in [6, 6.07) is 15.0. The molecule has 0 spiro atoms. The minimum Gasteiger partial charge on any atom is -0.502 e. The molecule has 1 amide bonds. The molecule has 1 N–H and O–H groups in total. The van der Waals surface area contributed by atoms with E-state index in [1.165, 1.54) is 40.4 Å². The van der Waals surface area contributed by atoms with E-state index in [0.29, 0.717) is 16.5 Å². The number of fused-ring (bicyclic) bond motifs is 7. The van der Waals surface area contributed by atoms with Crippen LogP contribution in [0.2, 0.25) is 4.34 Å². The first-order chi connectivity index (χ1) is 17.9. The number of thiophene rings is 1. The summed E-state index contributed by atoms with van der Waals surface area (Å²) in [6.45, 7) is 0.820. The number of carbonyl (C=O) groups excluding carboxylic acids is 1. The van der Waals surface area contributed by atoms with Gasteiger partial charge in [0.15, 0.2) is 11.4 Å². The number of carbonyl (C=O) groups is 1. The Labute approximate surface area is 219 Å². The average Bonchev–Trinajstić information content (AvgIpc) is 3.25. The third-order valence-electron chi connectivity index (χ3n) is 7.24. The maximum absolute atomic E-state index is 14.9. The Balaban J connectivity index is 1.58. The standard InChI is InChI=1S/C27H19ClFN3O4S/c28-21-12-19-15-6-5-14(29)11-18(15)23(16-3-1-2-4-17(16)26(19)37-21)32-22-13-36-10-9-30(22)27(35)24-25(34)20(33)7-8-31(24)32/h1-8,11-12,22-23,34H,9-10,13H2/t22-,23-/m1/s1. The summed E-state index contributed by atoms with van der Waals surface area (Å²) in [5.41, 5.74) is 3.42. The van der Waals surface area contributed by atoms with Crippen molar-refractivity contribution in [2.45, 2.75) is 12.2 Å². The van der Waals surface area contributed by atoms with Crippen molar-refractivity contribution < 1.29 is 19.0 Å². The van der Waals surface area contributed by atoms with E-state index in [-0.39, 0.29) is 18.8 Å². The Morgan fingerprint density at radius 1 is 1.03 bits per heavy atom. The zero-order valence-corrected chi connectivity index (χ0v) is 20.8. The van der Waals surface area contributed by atoms with Crippen molar-refractivity contribution in [1.82, 2.24) is 9.58 Å². The summed E-state index contributed by atoms with van der Waals surface area (Å²) in [4.78, 5) is 28.4. The highest BCUT2D eigenvalue weighted by Gasteiger charge is 2.46. The summed E-state index contributed by atoms with van der Waals surface area (Å²) >= 11 is 7.92. The van der Waals surface area contributed by atoms with Crippen LogP contribution in [0.15, 0.2) is 65.6 Å². The van der Waals surface area contributed by atoms with E-state index in [1.54, 1.807) is 11.0 Å². The van der Waals surface area contributed by atoms with Crippen molar-refractivity contribution in [3.8, 4) is 27.3 Å². The summed E-state index contributed by atoms with van der Waals surface area (Å²) in [7, 11) is 0. The Hall–Kier alpha value is -3.66. The van der Waals surface area contributed by atoms with Gasteiger partial charge in [-0.1, -0.05) is 41.9 Å². The molecule has 7 nitrogen and oxygen atoms in total. The predicted molar refractivity (Wildman–Crippen MR) is 138 cm³/mol. The SMILES string of the molecule is O=C1c2c(O)c(=O)ccn2N([C@H]2c3cc(F)ccc3-c3cc(Cl)sc3-c3ccccc32)[C@@H]2COCCN12. The van der Waals surface area contributed by atoms with E-state index in [4.69, 9.17) is 16.3 Å². The number of morpholine rings is 1. The van der Waals surface area contributed by atoms with E-state index in [1.807, 2.05) is 35.3 Å². The van der Waals surface area contributed by atoms with Gasteiger partial charge in [-0.15, -0.1) is 11.3 Å². The number of halogens is 2. The highest BCUT2D eigenvalue weighted by molar-refractivity contribution is 7.20. The van der Waals surface area contributed by atoms with Crippen LogP contribution in [0, 0.1) is 5.82 Å². The van der Waals surface area contributed by atoms with E-state index in [0.717, 1.165) is 27.1 Å². The second kappa shape index (κ2) is 8.17. The minimum absolute atomic E-state index is 0.122. The number of rotatable bonds is 1. The van der Waals surface area contributed by atoms with E-state index < -0.39 is 35.1 Å². The molecule has 2 atom stereocenters. The third kappa shape index (κ3) is 3.21. The van der Waals surface area contributed by atoms with Crippen LogP contribution in [0.25, 0.3) is 21.6 Å². The van der Waals surface area contributed by atoms with E-state index >= 15 is 0 Å². The molecule has 0 radical (unpaired) electrons. The molecule has 2 aliphatic heterocycles. The van der Waals surface area contributed by atoms with Crippen LogP contribution in [0.5, 0.6) is 5.75 Å². The first-order valence-corrected chi connectivity index (χ1v) is 12.9. The molecule has 10 heteroatoms. The number of hydrogen-bond acceptors (Lipinski definition) is 6. The van der Waals surface area contributed by atoms with Gasteiger partial charge in [-0.05, 0) is 40.5 Å². The molecule has 0 bridgehead atoms. The van der Waals surface area contributed by atoms with Gasteiger partial charge >= 0.3 is 0 Å². The topological polar surface area (TPSA) is 75.0 Å². The first-order valence-electron chi connectivity index (χ1n) is 11.7. The largest absolute Gasteiger partial charge is 0.502 e. The van der Waals surface area contributed by atoms with Crippen molar-refractivity contribution in [2.75, 3.05) is 24.8 Å². The molecular formula is C27H19ClFN3O4S. The molecule has 1 saturated heterocycles. The molecule has 4 aromatic rings. The van der Waals surface area contributed by atoms with Crippen molar-refractivity contribution in [3.63, 3.8) is 0 Å². The van der Waals surface area contributed by atoms with Gasteiger partial charge in [0.2, 0.25) is 5.43 Å². The molecule has 0 saturated carbocycles. The molecule has 1 aliphatic carbocycles. The Morgan fingerprint density at radius 3 is 2.73 bits per heavy atom. The van der Waals surface area contributed by atoms with Crippen LogP contribution in [0.1, 0.15) is 27.7 Å². The van der Waals surface area contributed by atoms with Crippen LogP contribution in [-0.4, -0.2) is 46.5 Å². The van der Waals surface area contributed by atoms with Gasteiger partial charge in [-0.25, -0.2) is 4.39 Å². The van der Waals surface area contributed by atoms with Gasteiger partial charge in [-0.2, -0.15) is 0 Å². The van der Waals surface area contributed by atoms with Crippen molar-refractivity contribution >= 4 is 28.8 Å². The van der Waals surface area contributed by atoms with Gasteiger partial charge in [0.05, 0.1) is 23.6 Å². The fourth-order valence-electron chi connectivity index (χ4n) is 5.69. The van der Waals surface area contributed by atoms with Gasteiger partial charge < -0.3 is 14.7 Å². The lowest BCUT2D eigenvalue weighted by molar-refractivity contribution is -0.0196. The normalized spacial score (nSPS) is 19.9. The van der Waals surface area contributed by atoms with Crippen molar-refractivity contribution in [2.24, 2.45) is 0 Å². The minimum atomic E-state index is -0.643. The lowest BCUT2D eigenvalue weighted by atomic mass is 9.92. The number of hydrogen-bond donors (Lipinski definition) is 1. The molecule has 0 unspecified atom stereocenters. The van der Waals surface area contributed by atoms with E-state index in [9.17, 15) is 19.1 Å². The smallest absolute Gasteiger partial charge is 0.278 e. The zero-order valence-electron chi connectivity index (χ0n) is 19.2. The third-order valence-corrected chi connectivity index (χ3v) is 8.54. The van der Waals surface area contributed by atoms with Crippen LogP contribution >= 0.6 is 22.9 Å². The van der Waals surface area contributed by atoms with Crippen LogP contribution in [-0.2, 0) is 4.74 Å². The number of aromatic hydroxyl groups is 1. The second-order valence-electron chi connectivity index (χ2n) is 9.17. The number of amides is 1. The molecule has 186 valence electrons. The number of benzene rings is 2. The summed E-state index contributed by atoms with van der Waals surface area (Å²) in [5.74, 6) is -1.47. The monoisotopic (exact) mass is 535 g/mol. The van der Waals surface area contributed by atoms with Gasteiger partial charge in [0.25, 0.3) is 5.91 Å². The highest BCUT2D eigenvalue weighted by Crippen LogP contribution is 2.51. The van der Waals surface area contributed by atoms with Crippen LogP contribution in [0.4, 0.5) is 4.39 Å². The van der Waals surface area contributed by atoms with Crippen molar-refractivity contribution in [3.05, 3.63) is 98.0 Å². The van der Waals surface area contributed by atoms with Crippen molar-refractivity contribution in [1.29, 1.82) is 0 Å². The van der Waals surface area contributed by atoms with Gasteiger partial charge in [0, 0.05) is 29.2 Å². The maximum atomic E-state index is 14.9. The van der Waals surface area contributed by atoms with Gasteiger partial charge in [0.1, 0.15) is 12.0 Å². The fourth-order valence-corrected chi connectivity index (χ4v) is 6.98. The first kappa shape index (κ1) is 22.5. The van der Waals surface area contributed by atoms with Crippen LogP contribution < -0.4 is 10.4 Å². The number of pyridine rings is 1. The highest BCUT2D eigenvalue weighted by atomic mass is 35.5. The molecule has 2 aromatic carbocycles. The molecule has 2 aromatic heterocycles. The molecular weight excluding hydrogens is 517 g/mol. The second-order valence-corrected chi connectivity index (χ2v) is 10.9. The fraction of sp³-hybridized carbons (Fsp3) is 0.185. The Morgan fingerprint density at radius 2 is 1.86 bits per heavy atom. The predicted octanol–water partition coefficient (Wildman–Crippen LogP) is 4.60. The number of ether oxygens (including phenoxy) is 1. The van der Waals surface area contributed by atoms with E-state index in [2.05, 4.69) is 0 Å². The molecule has 1 fully saturated rings. The zero-order chi connectivity index (χ0) is 25.4. The lowest BCUT2D eigenvalue weighted by Crippen LogP contribution is -2.66. The molecule has 7 rings (SSSR count). The Bertz CT molecular complexity index is 1670. The summed E-state index contributed by atoms with van der Waals surface area (Å²) in [5, 5.41) is 12.6. The molecule has 4 heterocycles. The van der Waals surface area contributed by atoms with Gasteiger partial charge in [-0.3, -0.25) is 19.3 Å². The van der Waals surface area contributed by atoms with Crippen LogP contribution in [0.3, 0.4) is 0 Å². The average molecular weight is 536 g/mol. The quantitative estimate of drug-likeness (QED) is 0.386. The maximum Gasteiger partial charge on any atom is 0.278 e. The number of nitrogens with zero attached hydrogens (tertiary/aromatic N) is 3. The Kier molecular flexibility index (Phi) is 4.98.